The molecule has 1 aliphatic heterocycles. The maximum atomic E-state index is 5.52. The zero-order chi connectivity index (χ0) is 13.6. The second kappa shape index (κ2) is 12.9. The fourth-order valence-corrected chi connectivity index (χ4v) is 2.42. The van der Waals surface area contributed by atoms with E-state index in [1.54, 1.807) is 0 Å². The molecule has 0 unspecified atom stereocenters. The van der Waals surface area contributed by atoms with Gasteiger partial charge in [0.05, 0.1) is 13.2 Å². The Kier molecular flexibility index (Phi) is 11.5. The first kappa shape index (κ1) is 17.0. The molecule has 0 radical (unpaired) electrons. The smallest absolute Gasteiger partial charge is 0.104 e. The molecule has 0 N–H and O–H groups in total. The Balaban J connectivity index is 1.60. The Morgan fingerprint density at radius 3 is 1.74 bits per heavy atom. The second-order valence-corrected chi connectivity index (χ2v) is 5.92. The molecule has 1 saturated heterocycles. The average Bonchev–Trinajstić information content (AvgIpc) is 3.23. The summed E-state index contributed by atoms with van der Waals surface area (Å²) < 4.78 is 10.6. The number of hydrogen-bond donors (Lipinski definition) is 0. The van der Waals surface area contributed by atoms with Crippen molar-refractivity contribution in [2.75, 3.05) is 19.8 Å². The summed E-state index contributed by atoms with van der Waals surface area (Å²) in [5, 5.41) is 0. The second-order valence-electron chi connectivity index (χ2n) is 5.92. The van der Waals surface area contributed by atoms with Crippen LogP contribution in [0.1, 0.15) is 84.0 Å². The van der Waals surface area contributed by atoms with Crippen molar-refractivity contribution in [1.82, 2.24) is 0 Å². The fraction of sp³-hybridized carbons (Fsp3) is 1.00. The SMILES string of the molecule is CCCCCCCCCCCCCCOC[C@@H]1CO1. The van der Waals surface area contributed by atoms with Crippen molar-refractivity contribution in [1.29, 1.82) is 0 Å². The molecule has 0 bridgehead atoms. The average molecular weight is 270 g/mol. The van der Waals surface area contributed by atoms with E-state index in [1.165, 1.54) is 77.0 Å². The van der Waals surface area contributed by atoms with Crippen LogP contribution in [0.2, 0.25) is 0 Å². The summed E-state index contributed by atoms with van der Waals surface area (Å²) >= 11 is 0. The maximum Gasteiger partial charge on any atom is 0.104 e. The fourth-order valence-electron chi connectivity index (χ4n) is 2.42. The van der Waals surface area contributed by atoms with E-state index >= 15 is 0 Å². The van der Waals surface area contributed by atoms with Crippen LogP contribution in [0.25, 0.3) is 0 Å². The van der Waals surface area contributed by atoms with Crippen LogP contribution in [0, 0.1) is 0 Å². The van der Waals surface area contributed by atoms with Crippen LogP contribution in [-0.4, -0.2) is 25.9 Å². The van der Waals surface area contributed by atoms with E-state index in [4.69, 9.17) is 9.47 Å². The van der Waals surface area contributed by atoms with Gasteiger partial charge < -0.3 is 9.47 Å². The van der Waals surface area contributed by atoms with Crippen molar-refractivity contribution in [2.45, 2.75) is 90.1 Å². The molecule has 1 aliphatic rings. The van der Waals surface area contributed by atoms with Gasteiger partial charge in [0.15, 0.2) is 0 Å². The van der Waals surface area contributed by atoms with E-state index < -0.39 is 0 Å². The van der Waals surface area contributed by atoms with E-state index in [9.17, 15) is 0 Å². The lowest BCUT2D eigenvalue weighted by molar-refractivity contribution is 0.113. The highest BCUT2D eigenvalue weighted by Gasteiger charge is 2.21. The van der Waals surface area contributed by atoms with Gasteiger partial charge in [-0.25, -0.2) is 0 Å². The summed E-state index contributed by atoms with van der Waals surface area (Å²) in [6.45, 7) is 4.94. The van der Waals surface area contributed by atoms with Crippen LogP contribution < -0.4 is 0 Å². The Bertz CT molecular complexity index is 178. The zero-order valence-corrected chi connectivity index (χ0v) is 13.0. The number of ether oxygens (including phenoxy) is 2. The van der Waals surface area contributed by atoms with Crippen molar-refractivity contribution in [3.05, 3.63) is 0 Å². The number of epoxide rings is 1. The van der Waals surface area contributed by atoms with E-state index in [0.29, 0.717) is 6.10 Å². The van der Waals surface area contributed by atoms with Gasteiger partial charge in [0.25, 0.3) is 0 Å². The lowest BCUT2D eigenvalue weighted by atomic mass is 10.1. The normalized spacial score (nSPS) is 17.8. The van der Waals surface area contributed by atoms with Gasteiger partial charge in [0.1, 0.15) is 6.10 Å². The third-order valence-electron chi connectivity index (χ3n) is 3.85. The Morgan fingerprint density at radius 1 is 0.789 bits per heavy atom. The van der Waals surface area contributed by atoms with Gasteiger partial charge in [0, 0.05) is 6.61 Å². The van der Waals surface area contributed by atoms with E-state index in [-0.39, 0.29) is 0 Å². The quantitative estimate of drug-likeness (QED) is 0.305. The minimum atomic E-state index is 0.428. The topological polar surface area (TPSA) is 21.8 Å². The number of unbranched alkanes of at least 4 members (excludes halogenated alkanes) is 11. The molecule has 0 aromatic carbocycles. The zero-order valence-electron chi connectivity index (χ0n) is 13.0. The molecule has 2 heteroatoms. The van der Waals surface area contributed by atoms with Crippen LogP contribution in [0.5, 0.6) is 0 Å². The van der Waals surface area contributed by atoms with Gasteiger partial charge in [-0.15, -0.1) is 0 Å². The molecule has 19 heavy (non-hydrogen) atoms. The summed E-state index contributed by atoms with van der Waals surface area (Å²) in [5.74, 6) is 0. The van der Waals surface area contributed by atoms with Gasteiger partial charge in [-0.1, -0.05) is 77.6 Å². The minimum Gasteiger partial charge on any atom is -0.379 e. The largest absolute Gasteiger partial charge is 0.379 e. The third kappa shape index (κ3) is 12.7. The Labute approximate surface area is 120 Å². The van der Waals surface area contributed by atoms with Crippen molar-refractivity contribution >= 4 is 0 Å². The first-order valence-electron chi connectivity index (χ1n) is 8.63. The van der Waals surface area contributed by atoms with Gasteiger partial charge in [-0.05, 0) is 6.42 Å². The molecule has 1 atom stereocenters. The van der Waals surface area contributed by atoms with Crippen LogP contribution in [-0.2, 0) is 9.47 Å². The molecular formula is C17H34O2. The summed E-state index contributed by atoms with van der Waals surface area (Å²) in [7, 11) is 0. The highest BCUT2D eigenvalue weighted by atomic mass is 16.6. The van der Waals surface area contributed by atoms with Crippen LogP contribution in [0.3, 0.4) is 0 Å². The van der Waals surface area contributed by atoms with Crippen LogP contribution in [0.4, 0.5) is 0 Å². The highest BCUT2D eigenvalue weighted by Crippen LogP contribution is 2.12. The van der Waals surface area contributed by atoms with Gasteiger partial charge >= 0.3 is 0 Å². The predicted molar refractivity (Wildman–Crippen MR) is 81.6 cm³/mol. The molecule has 1 rings (SSSR count). The summed E-state index contributed by atoms with van der Waals surface area (Å²) in [5.41, 5.74) is 0. The highest BCUT2D eigenvalue weighted by molar-refractivity contribution is 4.66. The van der Waals surface area contributed by atoms with Crippen LogP contribution >= 0.6 is 0 Å². The summed E-state index contributed by atoms with van der Waals surface area (Å²) in [4.78, 5) is 0. The van der Waals surface area contributed by atoms with Gasteiger partial charge in [0.2, 0.25) is 0 Å². The third-order valence-corrected chi connectivity index (χ3v) is 3.85. The molecule has 2 nitrogen and oxygen atoms in total. The van der Waals surface area contributed by atoms with E-state index in [2.05, 4.69) is 6.92 Å². The Morgan fingerprint density at radius 2 is 1.26 bits per heavy atom. The molecule has 0 aromatic heterocycles. The standard InChI is InChI=1S/C17H34O2/c1-2-3-4-5-6-7-8-9-10-11-12-13-14-18-15-17-16-19-17/h17H,2-16H2,1H3/t17-/m1/s1. The molecule has 114 valence electrons. The number of rotatable bonds is 15. The summed E-state index contributed by atoms with van der Waals surface area (Å²) in [6.07, 6.45) is 17.3. The monoisotopic (exact) mass is 270 g/mol. The first-order chi connectivity index (χ1) is 9.43. The van der Waals surface area contributed by atoms with Crippen molar-refractivity contribution in [3.63, 3.8) is 0 Å². The molecule has 0 saturated carbocycles. The predicted octanol–water partition coefficient (Wildman–Crippen LogP) is 5.10. The number of hydrogen-bond acceptors (Lipinski definition) is 2. The van der Waals surface area contributed by atoms with E-state index in [1.807, 2.05) is 0 Å². The van der Waals surface area contributed by atoms with Gasteiger partial charge in [-0.2, -0.15) is 0 Å². The maximum absolute atomic E-state index is 5.52. The molecule has 1 fully saturated rings. The van der Waals surface area contributed by atoms with Crippen LogP contribution in [0.15, 0.2) is 0 Å². The summed E-state index contributed by atoms with van der Waals surface area (Å²) in [6, 6.07) is 0. The van der Waals surface area contributed by atoms with Crippen molar-refractivity contribution in [2.24, 2.45) is 0 Å². The molecule has 0 spiro atoms. The van der Waals surface area contributed by atoms with E-state index in [0.717, 1.165) is 19.8 Å². The van der Waals surface area contributed by atoms with Crippen molar-refractivity contribution in [3.8, 4) is 0 Å². The van der Waals surface area contributed by atoms with Crippen molar-refractivity contribution < 1.29 is 9.47 Å². The van der Waals surface area contributed by atoms with Gasteiger partial charge in [-0.3, -0.25) is 0 Å². The minimum absolute atomic E-state index is 0.428. The molecule has 0 aromatic rings. The Hall–Kier alpha value is -0.0800. The molecule has 1 heterocycles. The lowest BCUT2D eigenvalue weighted by Crippen LogP contribution is -2.02. The molecule has 0 amide bonds. The molecular weight excluding hydrogens is 236 g/mol. The first-order valence-corrected chi connectivity index (χ1v) is 8.63. The molecule has 0 aliphatic carbocycles. The lowest BCUT2D eigenvalue weighted by Gasteiger charge is -2.03.